The number of hydrogen-bond donors (Lipinski definition) is 1. The van der Waals surface area contributed by atoms with Gasteiger partial charge >= 0.3 is 0 Å². The van der Waals surface area contributed by atoms with E-state index in [4.69, 9.17) is 20.7 Å². The summed E-state index contributed by atoms with van der Waals surface area (Å²) in [5, 5.41) is 7.51. The number of aromatic amines is 1. The van der Waals surface area contributed by atoms with Gasteiger partial charge in [-0.1, -0.05) is 17.2 Å². The highest BCUT2D eigenvalue weighted by Crippen LogP contribution is 2.24. The van der Waals surface area contributed by atoms with Crippen molar-refractivity contribution in [3.63, 3.8) is 0 Å². The zero-order valence-corrected chi connectivity index (χ0v) is 14.4. The molecule has 6 heteroatoms. The fourth-order valence-corrected chi connectivity index (χ4v) is 3.42. The number of terminal acetylenes is 1. The number of ketones is 1. The highest BCUT2D eigenvalue weighted by atomic mass is 16.6. The van der Waals surface area contributed by atoms with Crippen molar-refractivity contribution in [2.45, 2.75) is 6.42 Å². The zero-order valence-electron chi connectivity index (χ0n) is 14.4. The molecule has 0 aliphatic heterocycles. The highest BCUT2D eigenvalue weighted by molar-refractivity contribution is 6.48. The topological polar surface area (TPSA) is 72.9 Å². The maximum absolute atomic E-state index is 12.4. The molecule has 4 rings (SSSR count). The summed E-state index contributed by atoms with van der Waals surface area (Å²) < 4.78 is 11.0. The maximum Gasteiger partial charge on any atom is 0.189 e. The van der Waals surface area contributed by atoms with Crippen molar-refractivity contribution in [3.8, 4) is 23.8 Å². The Labute approximate surface area is 149 Å². The Hall–Kier alpha value is -3.46. The molecular weight excluding hydrogens is 332 g/mol. The predicted molar refractivity (Wildman–Crippen MR) is 96.2 cm³/mol. The number of hydrogen-bond acceptors (Lipinski definition) is 5. The summed E-state index contributed by atoms with van der Waals surface area (Å²) in [7, 11) is 3.25. The van der Waals surface area contributed by atoms with E-state index in [1.807, 2.05) is 24.3 Å². The molecule has 0 spiro atoms. The van der Waals surface area contributed by atoms with E-state index in [1.54, 1.807) is 14.2 Å². The summed E-state index contributed by atoms with van der Waals surface area (Å²) in [6, 6.07) is 3.72. The van der Waals surface area contributed by atoms with Crippen LogP contribution in [0.3, 0.4) is 0 Å². The monoisotopic (exact) mass is 348 g/mol. The number of nitrogens with zero attached hydrogens (tertiary/aromatic N) is 1. The van der Waals surface area contributed by atoms with Gasteiger partial charge in [-0.25, -0.2) is 0 Å². The Kier molecular flexibility index (Phi) is 3.77. The van der Waals surface area contributed by atoms with Gasteiger partial charge in [-0.2, -0.15) is 0 Å². The summed E-state index contributed by atoms with van der Waals surface area (Å²) in [6.07, 6.45) is 9.28. The van der Waals surface area contributed by atoms with Crippen molar-refractivity contribution in [1.29, 1.82) is 0 Å². The first-order chi connectivity index (χ1) is 12.7. The summed E-state index contributed by atoms with van der Waals surface area (Å²) in [4.78, 5) is 20.9. The zero-order chi connectivity index (χ0) is 18.3. The Bertz CT molecular complexity index is 1210. The normalized spacial score (nSPS) is 15.3. The van der Waals surface area contributed by atoms with Gasteiger partial charge in [0, 0.05) is 28.1 Å². The minimum Gasteiger partial charge on any atom is -0.496 e. The van der Waals surface area contributed by atoms with E-state index in [0.717, 1.165) is 38.2 Å². The van der Waals surface area contributed by atoms with Gasteiger partial charge in [0.2, 0.25) is 0 Å². The van der Waals surface area contributed by atoms with Crippen LogP contribution in [0.2, 0.25) is 0 Å². The molecule has 2 aliphatic carbocycles. The Morgan fingerprint density at radius 2 is 2.04 bits per heavy atom. The number of fused-ring (bicyclic) bond motifs is 4. The van der Waals surface area contributed by atoms with Crippen LogP contribution >= 0.6 is 0 Å². The molecular formula is C20H16N2O4. The van der Waals surface area contributed by atoms with Gasteiger partial charge in [-0.15, -0.1) is 6.42 Å². The lowest BCUT2D eigenvalue weighted by Gasteiger charge is -2.08. The number of carbonyl (C=O) groups is 1. The molecule has 130 valence electrons. The number of Topliss-reactive ketones (excluding diaryl/α,β-unsaturated/α-hetero) is 1. The van der Waals surface area contributed by atoms with Crippen LogP contribution in [0.5, 0.6) is 11.5 Å². The minimum atomic E-state index is -0.111. The number of oxime groups is 1. The van der Waals surface area contributed by atoms with Crippen molar-refractivity contribution in [1.82, 2.24) is 4.98 Å². The van der Waals surface area contributed by atoms with Crippen LogP contribution in [-0.4, -0.2) is 37.3 Å². The first kappa shape index (κ1) is 16.0. The fraction of sp³-hybridized carbons (Fsp3) is 0.200. The number of ether oxygens (including phenoxy) is 2. The van der Waals surface area contributed by atoms with E-state index >= 15 is 0 Å². The van der Waals surface area contributed by atoms with Crippen LogP contribution in [0.25, 0.3) is 12.2 Å². The van der Waals surface area contributed by atoms with E-state index in [-0.39, 0.29) is 24.5 Å². The van der Waals surface area contributed by atoms with Gasteiger partial charge in [-0.3, -0.25) is 4.79 Å². The Morgan fingerprint density at radius 3 is 2.77 bits per heavy atom. The highest BCUT2D eigenvalue weighted by Gasteiger charge is 2.27. The van der Waals surface area contributed by atoms with E-state index < -0.39 is 0 Å². The molecule has 2 aromatic rings. The number of carbonyl (C=O) groups excluding carboxylic acids is 1. The van der Waals surface area contributed by atoms with Crippen LogP contribution < -0.4 is 20.0 Å². The molecule has 1 heterocycles. The van der Waals surface area contributed by atoms with Gasteiger partial charge in [-0.05, 0) is 18.2 Å². The van der Waals surface area contributed by atoms with Gasteiger partial charge in [0.1, 0.15) is 11.5 Å². The molecule has 0 saturated carbocycles. The van der Waals surface area contributed by atoms with Crippen LogP contribution in [0, 0.1) is 22.9 Å². The quantitative estimate of drug-likeness (QED) is 0.425. The van der Waals surface area contributed by atoms with E-state index in [9.17, 15) is 4.79 Å². The van der Waals surface area contributed by atoms with E-state index in [2.05, 4.69) is 16.1 Å². The van der Waals surface area contributed by atoms with Crippen LogP contribution in [0.15, 0.2) is 17.3 Å². The van der Waals surface area contributed by atoms with Crippen molar-refractivity contribution >= 4 is 23.6 Å². The number of aromatic nitrogens is 1. The summed E-state index contributed by atoms with van der Waals surface area (Å²) in [6.45, 7) is 0.00796. The van der Waals surface area contributed by atoms with Gasteiger partial charge < -0.3 is 19.3 Å². The van der Waals surface area contributed by atoms with Crippen LogP contribution in [0.4, 0.5) is 0 Å². The summed E-state index contributed by atoms with van der Waals surface area (Å²) >= 11 is 0. The maximum atomic E-state index is 12.4. The lowest BCUT2D eigenvalue weighted by Crippen LogP contribution is -2.28. The minimum absolute atomic E-state index is 0.00796. The lowest BCUT2D eigenvalue weighted by molar-refractivity contribution is -0.112. The molecule has 0 fully saturated rings. The van der Waals surface area contributed by atoms with Crippen molar-refractivity contribution in [2.24, 2.45) is 5.16 Å². The Balaban J connectivity index is 2.07. The third-order valence-corrected chi connectivity index (χ3v) is 4.51. The van der Waals surface area contributed by atoms with Crippen molar-refractivity contribution in [2.75, 3.05) is 20.8 Å². The molecule has 26 heavy (non-hydrogen) atoms. The SMILES string of the molecule is C#CCON=C1C(=O)CC=c2[nH]c3c(c21)C=c1c(OC)ccc(OC)c1=3. The van der Waals surface area contributed by atoms with Gasteiger partial charge in [0.25, 0.3) is 0 Å². The van der Waals surface area contributed by atoms with E-state index in [1.165, 1.54) is 0 Å². The molecule has 0 radical (unpaired) electrons. The molecule has 0 bridgehead atoms. The lowest BCUT2D eigenvalue weighted by atomic mass is 9.97. The first-order valence-corrected chi connectivity index (χ1v) is 8.05. The van der Waals surface area contributed by atoms with E-state index in [0.29, 0.717) is 5.56 Å². The molecule has 1 aromatic heterocycles. The molecule has 0 saturated heterocycles. The van der Waals surface area contributed by atoms with Crippen LogP contribution in [0.1, 0.15) is 17.5 Å². The molecule has 1 aromatic carbocycles. The average molecular weight is 348 g/mol. The standard InChI is InChI=1S/C20H16N2O4/c1-4-9-26-22-20-14(23)6-5-13-17(20)12-10-11-15(24-2)7-8-16(25-3)18(11)19(12)21-13/h1,5,7-8,10,21H,6,9H2,2-3H3. The van der Waals surface area contributed by atoms with Crippen LogP contribution in [-0.2, 0) is 9.63 Å². The first-order valence-electron chi connectivity index (χ1n) is 8.05. The third kappa shape index (κ3) is 2.21. The number of benzene rings is 1. The van der Waals surface area contributed by atoms with Gasteiger partial charge in [0.15, 0.2) is 18.1 Å². The number of H-pyrrole nitrogens is 1. The number of nitrogens with one attached hydrogen (secondary N) is 1. The Morgan fingerprint density at radius 1 is 1.27 bits per heavy atom. The smallest absolute Gasteiger partial charge is 0.189 e. The largest absolute Gasteiger partial charge is 0.496 e. The van der Waals surface area contributed by atoms with Gasteiger partial charge in [0.05, 0.1) is 24.8 Å². The molecule has 0 amide bonds. The second-order valence-electron chi connectivity index (χ2n) is 5.85. The fourth-order valence-electron chi connectivity index (χ4n) is 3.42. The van der Waals surface area contributed by atoms with Crippen molar-refractivity contribution in [3.05, 3.63) is 44.4 Å². The predicted octanol–water partition coefficient (Wildman–Crippen LogP) is 0.568. The van der Waals surface area contributed by atoms with Crippen molar-refractivity contribution < 1.29 is 19.1 Å². The summed E-state index contributed by atoms with van der Waals surface area (Å²) in [5.74, 6) is 3.68. The summed E-state index contributed by atoms with van der Waals surface area (Å²) in [5.41, 5.74) is 1.86. The molecule has 1 N–H and O–H groups in total. The average Bonchev–Trinajstić information content (AvgIpc) is 3.19. The number of rotatable bonds is 4. The number of methoxy groups -OCH3 is 2. The molecule has 6 nitrogen and oxygen atoms in total. The molecule has 0 unspecified atom stereocenters. The third-order valence-electron chi connectivity index (χ3n) is 4.51. The second kappa shape index (κ2) is 6.12. The molecule has 2 aliphatic rings. The second-order valence-corrected chi connectivity index (χ2v) is 5.85. The molecule has 0 atom stereocenters.